The van der Waals surface area contributed by atoms with Crippen molar-refractivity contribution in [3.63, 3.8) is 0 Å². The molecule has 2 rings (SSSR count). The minimum absolute atomic E-state index is 0.0604. The van der Waals surface area contributed by atoms with Crippen molar-refractivity contribution in [2.24, 2.45) is 0 Å². The Morgan fingerprint density at radius 2 is 1.55 bits per heavy atom. The molecule has 0 saturated carbocycles. The maximum absolute atomic E-state index is 13.4. The minimum atomic E-state index is -3.46. The van der Waals surface area contributed by atoms with E-state index in [4.69, 9.17) is 0 Å². The van der Waals surface area contributed by atoms with Gasteiger partial charge < -0.3 is 4.90 Å². The van der Waals surface area contributed by atoms with Gasteiger partial charge >= 0.3 is 5.92 Å². The Morgan fingerprint density at radius 1 is 1.07 bits per heavy atom. The molecule has 0 unspecified atom stereocenters. The van der Waals surface area contributed by atoms with Crippen LogP contribution < -0.4 is 0 Å². The van der Waals surface area contributed by atoms with Crippen molar-refractivity contribution in [3.8, 4) is 11.8 Å². The van der Waals surface area contributed by atoms with Crippen molar-refractivity contribution in [2.45, 2.75) is 65.2 Å². The summed E-state index contributed by atoms with van der Waals surface area (Å²) in [5, 5.41) is 0. The van der Waals surface area contributed by atoms with Gasteiger partial charge in [-0.3, -0.25) is 14.4 Å². The monoisotopic (exact) mass is 403 g/mol. The molecule has 1 aliphatic heterocycles. The summed E-state index contributed by atoms with van der Waals surface area (Å²) in [5.41, 5.74) is 3.23. The van der Waals surface area contributed by atoms with Gasteiger partial charge in [0.05, 0.1) is 0 Å². The lowest BCUT2D eigenvalue weighted by atomic mass is 9.81. The van der Waals surface area contributed by atoms with E-state index in [0.29, 0.717) is 6.92 Å². The first-order valence-corrected chi connectivity index (χ1v) is 9.82. The fourth-order valence-corrected chi connectivity index (χ4v) is 3.92. The van der Waals surface area contributed by atoms with Crippen LogP contribution in [0.3, 0.4) is 0 Å². The molecule has 4 nitrogen and oxygen atoms in total. The van der Waals surface area contributed by atoms with E-state index in [1.54, 1.807) is 6.92 Å². The summed E-state index contributed by atoms with van der Waals surface area (Å²) in [6, 6.07) is 3.75. The molecule has 1 amide bonds. The highest BCUT2D eigenvalue weighted by Crippen LogP contribution is 2.30. The van der Waals surface area contributed by atoms with Crippen LogP contribution in [0.15, 0.2) is 12.1 Å². The largest absolute Gasteiger partial charge is 0.337 e. The first-order chi connectivity index (χ1) is 13.6. The second-order valence-electron chi connectivity index (χ2n) is 7.65. The lowest BCUT2D eigenvalue weighted by Crippen LogP contribution is -2.43. The number of hydrogen-bond acceptors (Lipinski definition) is 3. The third-order valence-electron chi connectivity index (χ3n) is 5.16. The highest BCUT2D eigenvalue weighted by atomic mass is 19.3. The van der Waals surface area contributed by atoms with E-state index in [0.717, 1.165) is 27.2 Å². The van der Waals surface area contributed by atoms with Gasteiger partial charge in [0, 0.05) is 38.4 Å². The first kappa shape index (κ1) is 22.7. The van der Waals surface area contributed by atoms with Crippen LogP contribution in [-0.2, 0) is 14.4 Å². The quantitative estimate of drug-likeness (QED) is 0.555. The highest BCUT2D eigenvalue weighted by Gasteiger charge is 2.37. The average Bonchev–Trinajstić information content (AvgIpc) is 2.61. The second-order valence-corrected chi connectivity index (χ2v) is 7.65. The number of carbonyl (C=O) groups excluding carboxylic acids is 3. The smallest absolute Gasteiger partial charge is 0.322 e. The predicted octanol–water partition coefficient (Wildman–Crippen LogP) is 3.95. The number of amides is 1. The molecule has 1 heterocycles. The van der Waals surface area contributed by atoms with Crippen LogP contribution in [-0.4, -0.2) is 41.4 Å². The Hall–Kier alpha value is -2.55. The number of Topliss-reactive ketones (excluding diaryl/α,β-unsaturated/α-hetero) is 2. The number of rotatable bonds is 2. The van der Waals surface area contributed by atoms with Crippen molar-refractivity contribution >= 4 is 17.5 Å². The van der Waals surface area contributed by atoms with Crippen molar-refractivity contribution in [1.29, 1.82) is 0 Å². The molecule has 0 aromatic heterocycles. The molecule has 0 radical (unpaired) electrons. The van der Waals surface area contributed by atoms with Crippen LogP contribution >= 0.6 is 0 Å². The lowest BCUT2D eigenvalue weighted by molar-refractivity contribution is -0.155. The fraction of sp³-hybridized carbons (Fsp3) is 0.522. The summed E-state index contributed by atoms with van der Waals surface area (Å²) in [5.74, 6) is -0.192. The topological polar surface area (TPSA) is 54.5 Å². The van der Waals surface area contributed by atoms with Gasteiger partial charge in [-0.1, -0.05) is 5.92 Å². The molecule has 1 aliphatic rings. The van der Waals surface area contributed by atoms with Gasteiger partial charge in [0.1, 0.15) is 17.5 Å². The van der Waals surface area contributed by atoms with E-state index in [-0.39, 0.29) is 50.3 Å². The molecule has 6 heteroatoms. The van der Waals surface area contributed by atoms with E-state index in [9.17, 15) is 23.2 Å². The standard InChI is InChI=1S/C23H27F2NO3/c1-5-8-17-13-15(2)20(16(3)14-17)21-18(27)9-6-11-26(12-7-10-19(21)28)22(29)23(4,24)25/h13-14,21H,6-7,9-12H2,1-4H3. The normalized spacial score (nSPS) is 17.0. The van der Waals surface area contributed by atoms with Crippen molar-refractivity contribution in [2.75, 3.05) is 13.1 Å². The first-order valence-electron chi connectivity index (χ1n) is 9.82. The third kappa shape index (κ3) is 5.50. The molecule has 0 aliphatic carbocycles. The molecule has 156 valence electrons. The molecule has 1 saturated heterocycles. The van der Waals surface area contributed by atoms with Gasteiger partial charge in [-0.05, 0) is 62.4 Å². The fourth-order valence-electron chi connectivity index (χ4n) is 3.92. The van der Waals surface area contributed by atoms with Gasteiger partial charge in [0.15, 0.2) is 0 Å². The summed E-state index contributed by atoms with van der Waals surface area (Å²) >= 11 is 0. The number of nitrogens with zero attached hydrogens (tertiary/aromatic N) is 1. The number of carbonyl (C=O) groups is 3. The molecule has 0 atom stereocenters. The Bertz CT molecular complexity index is 829. The van der Waals surface area contributed by atoms with Gasteiger partial charge in [-0.2, -0.15) is 8.78 Å². The van der Waals surface area contributed by atoms with Crippen LogP contribution in [0.25, 0.3) is 0 Å². The summed E-state index contributed by atoms with van der Waals surface area (Å²) in [7, 11) is 0. The minimum Gasteiger partial charge on any atom is -0.337 e. The van der Waals surface area contributed by atoms with Crippen LogP contribution in [0.2, 0.25) is 0 Å². The van der Waals surface area contributed by atoms with Crippen molar-refractivity contribution in [3.05, 3.63) is 34.4 Å². The van der Waals surface area contributed by atoms with Gasteiger partial charge in [-0.25, -0.2) is 0 Å². The molecule has 29 heavy (non-hydrogen) atoms. The Labute approximate surface area is 170 Å². The molecule has 0 N–H and O–H groups in total. The predicted molar refractivity (Wildman–Crippen MR) is 107 cm³/mol. The maximum atomic E-state index is 13.4. The molecule has 0 bridgehead atoms. The SMILES string of the molecule is CC#Cc1cc(C)c(C2C(=O)CCCN(C(=O)C(C)(F)F)CCCC2=O)c(C)c1. The van der Waals surface area contributed by atoms with Crippen LogP contribution in [0.4, 0.5) is 8.78 Å². The lowest BCUT2D eigenvalue weighted by Gasteiger charge is -2.27. The van der Waals surface area contributed by atoms with Crippen LogP contribution in [0, 0.1) is 25.7 Å². The molecule has 0 spiro atoms. The Kier molecular flexibility index (Phi) is 7.29. The second kappa shape index (κ2) is 9.30. The van der Waals surface area contributed by atoms with Crippen molar-refractivity contribution in [1.82, 2.24) is 4.90 Å². The van der Waals surface area contributed by atoms with Crippen LogP contribution in [0.1, 0.15) is 67.7 Å². The zero-order valence-corrected chi connectivity index (χ0v) is 17.4. The number of aryl methyl sites for hydroxylation is 2. The summed E-state index contributed by atoms with van der Waals surface area (Å²) in [6.07, 6.45) is 0.625. The number of ketones is 2. The van der Waals surface area contributed by atoms with Gasteiger partial charge in [-0.15, -0.1) is 5.92 Å². The maximum Gasteiger partial charge on any atom is 0.322 e. The molecular weight excluding hydrogens is 376 g/mol. The van der Waals surface area contributed by atoms with E-state index < -0.39 is 17.7 Å². The Morgan fingerprint density at radius 3 is 1.97 bits per heavy atom. The number of halogens is 2. The number of hydrogen-bond donors (Lipinski definition) is 0. The van der Waals surface area contributed by atoms with Gasteiger partial charge in [0.25, 0.3) is 5.91 Å². The summed E-state index contributed by atoms with van der Waals surface area (Å²) in [4.78, 5) is 38.8. The number of benzene rings is 1. The van der Waals surface area contributed by atoms with E-state index in [1.165, 1.54) is 0 Å². The molecule has 1 fully saturated rings. The van der Waals surface area contributed by atoms with E-state index >= 15 is 0 Å². The third-order valence-corrected chi connectivity index (χ3v) is 5.16. The van der Waals surface area contributed by atoms with Crippen LogP contribution in [0.5, 0.6) is 0 Å². The molecular formula is C23H27F2NO3. The average molecular weight is 403 g/mol. The van der Waals surface area contributed by atoms with Crippen molar-refractivity contribution < 1.29 is 23.2 Å². The van der Waals surface area contributed by atoms with E-state index in [1.807, 2.05) is 26.0 Å². The molecule has 1 aromatic rings. The molecule has 1 aromatic carbocycles. The van der Waals surface area contributed by atoms with Gasteiger partial charge in [0.2, 0.25) is 0 Å². The number of alkyl halides is 2. The highest BCUT2D eigenvalue weighted by molar-refractivity contribution is 6.08. The zero-order chi connectivity index (χ0) is 21.8. The zero-order valence-electron chi connectivity index (χ0n) is 17.4. The van der Waals surface area contributed by atoms with E-state index in [2.05, 4.69) is 11.8 Å². The Balaban J connectivity index is 2.29. The summed E-state index contributed by atoms with van der Waals surface area (Å²) in [6.45, 7) is 6.21. The summed E-state index contributed by atoms with van der Waals surface area (Å²) < 4.78 is 26.8.